The zero-order valence-electron chi connectivity index (χ0n) is 11.2. The normalized spacial score (nSPS) is 27.2. The van der Waals surface area contributed by atoms with Gasteiger partial charge in [0, 0.05) is 10.6 Å². The molecule has 2 fully saturated rings. The van der Waals surface area contributed by atoms with Crippen LogP contribution in [0.5, 0.6) is 0 Å². The highest BCUT2D eigenvalue weighted by Crippen LogP contribution is 2.42. The van der Waals surface area contributed by atoms with Crippen molar-refractivity contribution in [2.24, 2.45) is 0 Å². The third-order valence-electron chi connectivity index (χ3n) is 4.11. The topological polar surface area (TPSA) is 61.2 Å². The Morgan fingerprint density at radius 3 is 2.71 bits per heavy atom. The van der Waals surface area contributed by atoms with Crippen LogP contribution in [0.1, 0.15) is 0 Å². The molecule has 0 spiro atoms. The molecule has 21 heavy (non-hydrogen) atoms. The van der Waals surface area contributed by atoms with Crippen molar-refractivity contribution < 1.29 is 8.42 Å². The zero-order valence-corrected chi connectivity index (χ0v) is 12.8. The molecule has 2 heterocycles. The van der Waals surface area contributed by atoms with E-state index in [2.05, 4.69) is 0 Å². The minimum Gasteiger partial charge on any atom is -0.316 e. The van der Waals surface area contributed by atoms with Gasteiger partial charge in [-0.05, 0) is 11.5 Å². The van der Waals surface area contributed by atoms with Crippen LogP contribution in [-0.2, 0) is 9.84 Å². The van der Waals surface area contributed by atoms with Crippen molar-refractivity contribution in [1.29, 1.82) is 5.41 Å². The molecule has 0 aliphatic carbocycles. The summed E-state index contributed by atoms with van der Waals surface area (Å²) in [5.74, 6) is 0.336. The number of thioether (sulfide) groups is 1. The Bertz CT molecular complexity index is 842. The van der Waals surface area contributed by atoms with Crippen LogP contribution in [0.2, 0.25) is 0 Å². The molecule has 2 aliphatic heterocycles. The van der Waals surface area contributed by atoms with Gasteiger partial charge in [-0.25, -0.2) is 8.42 Å². The van der Waals surface area contributed by atoms with E-state index in [0.29, 0.717) is 5.17 Å². The molecule has 2 atom stereocenters. The molecular weight excluding hydrogens is 304 g/mol. The fourth-order valence-electron chi connectivity index (χ4n) is 3.21. The van der Waals surface area contributed by atoms with Crippen molar-refractivity contribution in [1.82, 2.24) is 0 Å². The second-order valence-electron chi connectivity index (χ2n) is 5.47. The summed E-state index contributed by atoms with van der Waals surface area (Å²) in [7, 11) is -2.98. The molecule has 0 aromatic heterocycles. The molecule has 2 saturated heterocycles. The lowest BCUT2D eigenvalue weighted by Crippen LogP contribution is -2.37. The van der Waals surface area contributed by atoms with Crippen LogP contribution in [0.4, 0.5) is 5.69 Å². The molecule has 108 valence electrons. The SMILES string of the molecule is N=C1S[C@@H]2CS(=O)(=O)C[C@@H]2N1c1cccc2ccccc12. The predicted octanol–water partition coefficient (Wildman–Crippen LogP) is 2.49. The van der Waals surface area contributed by atoms with E-state index in [1.54, 1.807) is 0 Å². The number of amidine groups is 1. The first-order chi connectivity index (χ1) is 10.1. The summed E-state index contributed by atoms with van der Waals surface area (Å²) in [6.07, 6.45) is 0. The summed E-state index contributed by atoms with van der Waals surface area (Å²) in [6, 6.07) is 13.9. The van der Waals surface area contributed by atoms with Crippen LogP contribution < -0.4 is 4.90 Å². The predicted molar refractivity (Wildman–Crippen MR) is 88.0 cm³/mol. The maximum atomic E-state index is 11.9. The molecule has 0 amide bonds. The second kappa shape index (κ2) is 4.48. The maximum absolute atomic E-state index is 11.9. The van der Waals surface area contributed by atoms with Gasteiger partial charge in [-0.3, -0.25) is 5.41 Å². The Morgan fingerprint density at radius 1 is 1.10 bits per heavy atom. The minimum absolute atomic E-state index is 0.0125. The number of benzene rings is 2. The van der Waals surface area contributed by atoms with E-state index in [-0.39, 0.29) is 22.8 Å². The lowest BCUT2D eigenvalue weighted by Gasteiger charge is -2.25. The first-order valence-electron chi connectivity index (χ1n) is 6.78. The van der Waals surface area contributed by atoms with Gasteiger partial charge in [0.1, 0.15) is 0 Å². The number of hydrogen-bond donors (Lipinski definition) is 1. The summed E-state index contributed by atoms with van der Waals surface area (Å²) < 4.78 is 23.8. The Hall–Kier alpha value is -1.53. The van der Waals surface area contributed by atoms with E-state index >= 15 is 0 Å². The van der Waals surface area contributed by atoms with E-state index in [1.807, 2.05) is 47.4 Å². The molecule has 6 heteroatoms. The van der Waals surface area contributed by atoms with Gasteiger partial charge in [0.2, 0.25) is 0 Å². The molecule has 2 aromatic rings. The molecule has 1 N–H and O–H groups in total. The van der Waals surface area contributed by atoms with Crippen LogP contribution in [0, 0.1) is 5.41 Å². The van der Waals surface area contributed by atoms with E-state index in [1.165, 1.54) is 11.8 Å². The maximum Gasteiger partial charge on any atom is 0.161 e. The number of sulfone groups is 1. The highest BCUT2D eigenvalue weighted by molar-refractivity contribution is 8.15. The molecule has 0 bridgehead atoms. The summed E-state index contributed by atoms with van der Waals surface area (Å²) in [6.45, 7) is 0. The van der Waals surface area contributed by atoms with Crippen molar-refractivity contribution in [3.05, 3.63) is 42.5 Å². The van der Waals surface area contributed by atoms with Crippen LogP contribution in [0.25, 0.3) is 10.8 Å². The lowest BCUT2D eigenvalue weighted by atomic mass is 10.1. The van der Waals surface area contributed by atoms with E-state index < -0.39 is 9.84 Å². The highest BCUT2D eigenvalue weighted by Gasteiger charge is 2.48. The molecular formula is C15H14N2O2S2. The number of anilines is 1. The van der Waals surface area contributed by atoms with Gasteiger partial charge in [-0.2, -0.15) is 0 Å². The quantitative estimate of drug-likeness (QED) is 0.877. The van der Waals surface area contributed by atoms with Gasteiger partial charge in [-0.15, -0.1) is 0 Å². The van der Waals surface area contributed by atoms with Crippen molar-refractivity contribution >= 4 is 43.2 Å². The Balaban J connectivity index is 1.86. The van der Waals surface area contributed by atoms with Gasteiger partial charge in [0.15, 0.2) is 15.0 Å². The summed E-state index contributed by atoms with van der Waals surface area (Å²) in [5, 5.41) is 10.9. The summed E-state index contributed by atoms with van der Waals surface area (Å²) >= 11 is 1.38. The number of hydrogen-bond acceptors (Lipinski definition) is 4. The van der Waals surface area contributed by atoms with Gasteiger partial charge in [0.25, 0.3) is 0 Å². The first-order valence-corrected chi connectivity index (χ1v) is 9.48. The second-order valence-corrected chi connectivity index (χ2v) is 8.86. The van der Waals surface area contributed by atoms with Gasteiger partial charge >= 0.3 is 0 Å². The number of rotatable bonds is 1. The van der Waals surface area contributed by atoms with Crippen molar-refractivity contribution in [3.63, 3.8) is 0 Å². The average molecular weight is 318 g/mol. The Labute approximate surface area is 127 Å². The lowest BCUT2D eigenvalue weighted by molar-refractivity contribution is 0.601. The number of fused-ring (bicyclic) bond motifs is 2. The Kier molecular flexibility index (Phi) is 2.81. The first kappa shape index (κ1) is 13.2. The molecule has 2 aromatic carbocycles. The van der Waals surface area contributed by atoms with Crippen LogP contribution in [0.15, 0.2) is 42.5 Å². The van der Waals surface area contributed by atoms with Gasteiger partial charge < -0.3 is 4.90 Å². The van der Waals surface area contributed by atoms with E-state index in [4.69, 9.17) is 5.41 Å². The standard InChI is InChI=1S/C15H14N2O2S2/c16-15-17(13-8-21(18,19)9-14(13)20-15)12-7-3-5-10-4-1-2-6-11(10)12/h1-7,13-14,16H,8-9H2/t13-,14+/m0/s1. The molecule has 2 aliphatic rings. The zero-order chi connectivity index (χ0) is 14.6. The van der Waals surface area contributed by atoms with Crippen LogP contribution in [0.3, 0.4) is 0 Å². The van der Waals surface area contributed by atoms with E-state index in [0.717, 1.165) is 16.5 Å². The Morgan fingerprint density at radius 2 is 1.86 bits per heavy atom. The monoisotopic (exact) mass is 318 g/mol. The largest absolute Gasteiger partial charge is 0.316 e. The third-order valence-corrected chi connectivity index (χ3v) is 7.24. The average Bonchev–Trinajstić information content (AvgIpc) is 2.88. The molecule has 0 unspecified atom stereocenters. The van der Waals surface area contributed by atoms with E-state index in [9.17, 15) is 8.42 Å². The van der Waals surface area contributed by atoms with Gasteiger partial charge in [-0.1, -0.05) is 48.2 Å². The van der Waals surface area contributed by atoms with Gasteiger partial charge in [0.05, 0.1) is 23.2 Å². The molecule has 0 saturated carbocycles. The van der Waals surface area contributed by atoms with Crippen molar-refractivity contribution in [2.45, 2.75) is 11.3 Å². The summed E-state index contributed by atoms with van der Waals surface area (Å²) in [4.78, 5) is 1.90. The minimum atomic E-state index is -2.98. The fraction of sp³-hybridized carbons (Fsp3) is 0.267. The summed E-state index contributed by atoms with van der Waals surface area (Å²) in [5.41, 5.74) is 0.940. The van der Waals surface area contributed by atoms with Crippen molar-refractivity contribution in [3.8, 4) is 0 Å². The van der Waals surface area contributed by atoms with Crippen LogP contribution >= 0.6 is 11.8 Å². The fourth-order valence-corrected chi connectivity index (χ4v) is 6.99. The molecule has 0 radical (unpaired) electrons. The highest BCUT2D eigenvalue weighted by atomic mass is 32.2. The third kappa shape index (κ3) is 2.05. The molecule has 4 rings (SSSR count). The smallest absolute Gasteiger partial charge is 0.161 e. The number of nitrogens with one attached hydrogen (secondary N) is 1. The van der Waals surface area contributed by atoms with Crippen molar-refractivity contribution in [2.75, 3.05) is 16.4 Å². The van der Waals surface area contributed by atoms with Crippen LogP contribution in [-0.4, -0.2) is 36.4 Å². The number of nitrogens with zero attached hydrogens (tertiary/aromatic N) is 1. The molecule has 4 nitrogen and oxygen atoms in total.